The zero-order valence-corrected chi connectivity index (χ0v) is 25.2. The van der Waals surface area contributed by atoms with Crippen LogP contribution in [-0.2, 0) is 25.6 Å². The molecule has 5 aliphatic rings. The number of ether oxygens (including phenoxy) is 1. The number of aryl methyl sites for hydroxylation is 1. The number of aliphatic hydroxyl groups is 1. The molecule has 0 radical (unpaired) electrons. The second kappa shape index (κ2) is 11.2. The summed E-state index contributed by atoms with van der Waals surface area (Å²) in [6.45, 7) is 11.2. The fourth-order valence-electron chi connectivity index (χ4n) is 7.25. The van der Waals surface area contributed by atoms with Crippen LogP contribution in [0.15, 0.2) is 29.5 Å². The number of aliphatic hydroxyl groups excluding tert-OH is 1. The van der Waals surface area contributed by atoms with Crippen LogP contribution in [0.3, 0.4) is 0 Å². The van der Waals surface area contributed by atoms with Gasteiger partial charge in [0.15, 0.2) is 6.54 Å². The number of hydrogen-bond donors (Lipinski definition) is 3. The molecule has 4 N–H and O–H groups in total. The maximum Gasteiger partial charge on any atom is 0.380 e. The molecule has 11 nitrogen and oxygen atoms in total. The first-order valence-corrected chi connectivity index (χ1v) is 15.1. The van der Waals surface area contributed by atoms with Gasteiger partial charge in [0.2, 0.25) is 5.91 Å². The van der Waals surface area contributed by atoms with E-state index in [2.05, 4.69) is 39.6 Å². The number of β-lactam (4-membered cyclic amide) rings is 1. The number of nitrogens with zero attached hydrogens (tertiary/aromatic N) is 3. The lowest BCUT2D eigenvalue weighted by molar-refractivity contribution is -1.08. The minimum atomic E-state index is -1.15. The molecule has 5 aliphatic heterocycles. The third-order valence-corrected chi connectivity index (χ3v) is 10.6. The smallest absolute Gasteiger partial charge is 0.380 e. The van der Waals surface area contributed by atoms with Gasteiger partial charge >= 0.3 is 11.9 Å². The Labute approximate surface area is 247 Å². The molecule has 5 heterocycles. The highest BCUT2D eigenvalue weighted by atomic mass is 127. The molecule has 0 saturated carbocycles. The van der Waals surface area contributed by atoms with Gasteiger partial charge in [-0.05, 0) is 53.6 Å². The van der Waals surface area contributed by atoms with Gasteiger partial charge in [0.05, 0.1) is 28.2 Å². The Hall–Kier alpha value is -2.26. The molecule has 1 aromatic rings. The van der Waals surface area contributed by atoms with E-state index in [0.29, 0.717) is 17.9 Å². The van der Waals surface area contributed by atoms with Crippen molar-refractivity contribution in [3.63, 3.8) is 0 Å². The van der Waals surface area contributed by atoms with E-state index in [1.807, 2.05) is 13.0 Å². The standard InChI is InChI=1S/C28H38IN4O7/c1-17-20(26(28(37)38)31-25(17)24(18(2)34)27(31)36)16-39-22-6-5-19(14-21(22)29)4-3-7-32-8-11-33(12-9-32,13-10-32)15-23(35)40-30/h5-6,14,17-18,24-25,34H,3-4,7-13,15-16,30H2,1-2H3/q+1/p+1/t17-,18?,24?,25?,32?,33?/m0/s1. The van der Waals surface area contributed by atoms with E-state index >= 15 is 0 Å². The summed E-state index contributed by atoms with van der Waals surface area (Å²) in [5.74, 6) is 3.13. The Kier molecular flexibility index (Phi) is 8.18. The van der Waals surface area contributed by atoms with Crippen molar-refractivity contribution in [1.29, 1.82) is 0 Å². The minimum Gasteiger partial charge on any atom is -0.488 e. The molecule has 3 unspecified atom stereocenters. The third-order valence-electron chi connectivity index (χ3n) is 9.74. The van der Waals surface area contributed by atoms with E-state index in [9.17, 15) is 24.6 Å². The van der Waals surface area contributed by atoms with E-state index in [4.69, 9.17) is 10.6 Å². The molecule has 6 rings (SSSR count). The highest BCUT2D eigenvalue weighted by molar-refractivity contribution is 14.1. The molecule has 40 heavy (non-hydrogen) atoms. The summed E-state index contributed by atoms with van der Waals surface area (Å²) in [6, 6.07) is 5.78. The van der Waals surface area contributed by atoms with Gasteiger partial charge in [-0.15, -0.1) is 0 Å². The molecule has 218 valence electrons. The monoisotopic (exact) mass is 670 g/mol. The average Bonchev–Trinajstić information content (AvgIpc) is 3.17. The van der Waals surface area contributed by atoms with Crippen LogP contribution in [0.5, 0.6) is 5.75 Å². The molecule has 4 atom stereocenters. The highest BCUT2D eigenvalue weighted by Crippen LogP contribution is 2.47. The summed E-state index contributed by atoms with van der Waals surface area (Å²) in [5, 5.41) is 19.9. The fourth-order valence-corrected chi connectivity index (χ4v) is 7.99. The molecule has 1 aromatic carbocycles. The predicted molar refractivity (Wildman–Crippen MR) is 152 cm³/mol. The maximum absolute atomic E-state index is 12.6. The van der Waals surface area contributed by atoms with Crippen LogP contribution in [0, 0.1) is 15.4 Å². The van der Waals surface area contributed by atoms with E-state index in [0.717, 1.165) is 71.2 Å². The Morgan fingerprint density at radius 3 is 2.40 bits per heavy atom. The van der Waals surface area contributed by atoms with Crippen molar-refractivity contribution in [3.05, 3.63) is 38.6 Å². The summed E-state index contributed by atoms with van der Waals surface area (Å²) in [4.78, 5) is 42.1. The zero-order chi connectivity index (χ0) is 28.8. The number of amides is 1. The lowest BCUT2D eigenvalue weighted by Crippen LogP contribution is -2.75. The van der Waals surface area contributed by atoms with Crippen LogP contribution >= 0.6 is 22.6 Å². The van der Waals surface area contributed by atoms with Crippen molar-refractivity contribution < 1.29 is 43.1 Å². The molecule has 4 saturated heterocycles. The lowest BCUT2D eigenvalue weighted by atomic mass is 9.78. The van der Waals surface area contributed by atoms with Crippen molar-refractivity contribution in [1.82, 2.24) is 4.90 Å². The van der Waals surface area contributed by atoms with Gasteiger partial charge in [-0.2, -0.15) is 5.90 Å². The Balaban J connectivity index is 1.15. The zero-order valence-electron chi connectivity index (χ0n) is 23.1. The molecule has 4 fully saturated rings. The number of aliphatic carboxylic acids is 1. The van der Waals surface area contributed by atoms with Gasteiger partial charge in [-0.25, -0.2) is 9.59 Å². The van der Waals surface area contributed by atoms with E-state index < -0.39 is 18.0 Å². The number of halogens is 1. The topological polar surface area (TPSA) is 139 Å². The van der Waals surface area contributed by atoms with Gasteiger partial charge in [0, 0.05) is 17.9 Å². The molecule has 0 spiro atoms. The van der Waals surface area contributed by atoms with E-state index in [-0.39, 0.29) is 36.1 Å². The third kappa shape index (κ3) is 5.24. The van der Waals surface area contributed by atoms with Crippen molar-refractivity contribution in [3.8, 4) is 5.75 Å². The molecule has 1 amide bonds. The highest BCUT2D eigenvalue weighted by Gasteiger charge is 2.60. The molecule has 0 aliphatic carbocycles. The second-order valence-corrected chi connectivity index (χ2v) is 13.1. The Morgan fingerprint density at radius 2 is 1.82 bits per heavy atom. The number of hydrogen-bond acceptors (Lipinski definition) is 7. The van der Waals surface area contributed by atoms with Crippen molar-refractivity contribution in [2.75, 3.05) is 59.0 Å². The van der Waals surface area contributed by atoms with Gasteiger partial charge in [0.25, 0.3) is 0 Å². The summed E-state index contributed by atoms with van der Waals surface area (Å²) < 4.78 is 8.96. The van der Waals surface area contributed by atoms with Crippen LogP contribution in [0.25, 0.3) is 0 Å². The number of rotatable bonds is 11. The molecular formula is C28H39IN4O7+2. The van der Waals surface area contributed by atoms with Crippen LogP contribution in [0.2, 0.25) is 0 Å². The fraction of sp³-hybridized carbons (Fsp3) is 0.607. The second-order valence-electron chi connectivity index (χ2n) is 12.0. The quantitative estimate of drug-likeness (QED) is 0.137. The first-order valence-electron chi connectivity index (χ1n) is 14.0. The summed E-state index contributed by atoms with van der Waals surface area (Å²) >= 11 is 2.25. The summed E-state index contributed by atoms with van der Waals surface area (Å²) in [6.07, 6.45) is 1.20. The minimum absolute atomic E-state index is 0.00990. The Morgan fingerprint density at radius 1 is 1.18 bits per heavy atom. The molecule has 0 aromatic heterocycles. The Bertz CT molecular complexity index is 1210. The predicted octanol–water partition coefficient (Wildman–Crippen LogP) is 0.877. The maximum atomic E-state index is 12.6. The normalized spacial score (nSPS) is 31.6. The number of piperazine rings is 3. The van der Waals surface area contributed by atoms with Gasteiger partial charge in [-0.3, -0.25) is 4.79 Å². The van der Waals surface area contributed by atoms with E-state index in [1.54, 1.807) is 6.92 Å². The largest absolute Gasteiger partial charge is 0.488 e. The number of quaternary nitrogens is 2. The number of carbonyl (C=O) groups excluding carboxylic acids is 2. The average molecular weight is 671 g/mol. The van der Waals surface area contributed by atoms with Crippen LogP contribution in [0.1, 0.15) is 25.8 Å². The number of benzene rings is 1. The first kappa shape index (κ1) is 29.2. The van der Waals surface area contributed by atoms with Gasteiger partial charge in [0.1, 0.15) is 57.3 Å². The van der Waals surface area contributed by atoms with Crippen LogP contribution < -0.4 is 10.6 Å². The number of nitrogens with two attached hydrogens (primary N) is 1. The lowest BCUT2D eigenvalue weighted by Gasteiger charge is -2.55. The summed E-state index contributed by atoms with van der Waals surface area (Å²) in [5.41, 5.74) is 1.80. The molecule has 2 bridgehead atoms. The van der Waals surface area contributed by atoms with Crippen molar-refractivity contribution >= 4 is 40.4 Å². The van der Waals surface area contributed by atoms with Crippen LogP contribution in [0.4, 0.5) is 0 Å². The number of carboxylic acids is 1. The first-order chi connectivity index (χ1) is 19.0. The SMILES string of the molecule is CC(O)C1C(=O)N2C(C(=O)O)=C(COc3ccc(CCC[N+]45CC[N+](CC(=O)ON)(CC4)CC5)cc3I)[C@H](C)C12. The summed E-state index contributed by atoms with van der Waals surface area (Å²) in [7, 11) is 0. The number of carbonyl (C=O) groups is 3. The van der Waals surface area contributed by atoms with Crippen molar-refractivity contribution in [2.24, 2.45) is 17.7 Å². The van der Waals surface area contributed by atoms with Gasteiger partial charge in [-0.1, -0.05) is 13.0 Å². The van der Waals surface area contributed by atoms with E-state index in [1.165, 1.54) is 10.5 Å². The van der Waals surface area contributed by atoms with Crippen molar-refractivity contribution in [2.45, 2.75) is 38.8 Å². The van der Waals surface area contributed by atoms with Crippen LogP contribution in [-0.4, -0.2) is 113 Å². The van der Waals surface area contributed by atoms with Gasteiger partial charge < -0.3 is 33.7 Å². The number of fused-ring (bicyclic) bond motifs is 4. The molecule has 12 heteroatoms. The number of carboxylic acid groups (broad SMARTS) is 1. The molecular weight excluding hydrogens is 631 g/mol.